The van der Waals surface area contributed by atoms with Crippen LogP contribution in [0.1, 0.15) is 32.6 Å². The number of carbonyl (C=O) groups is 1. The number of methoxy groups -OCH3 is 1. The molecule has 74 valence electrons. The predicted molar refractivity (Wildman–Crippen MR) is 52.3 cm³/mol. The van der Waals surface area contributed by atoms with E-state index in [9.17, 15) is 4.79 Å². The molecule has 0 unspecified atom stereocenters. The minimum absolute atomic E-state index is 0.0508. The average Bonchev–Trinajstić information content (AvgIpc) is 2.91. The van der Waals surface area contributed by atoms with Crippen molar-refractivity contribution in [2.24, 2.45) is 11.8 Å². The highest BCUT2D eigenvalue weighted by atomic mass is 16.5. The standard InChI is InChI=1S/C11H18O2/c1-3-4-5-6-7-9-8-10(9)11(12)13-2/h6-7,9-10H,3-5,8H2,1-2H3/b7-6-/t9-,10+/m0/s1. The van der Waals surface area contributed by atoms with Gasteiger partial charge in [0, 0.05) is 0 Å². The quantitative estimate of drug-likeness (QED) is 0.371. The van der Waals surface area contributed by atoms with Crippen LogP contribution in [-0.2, 0) is 9.53 Å². The van der Waals surface area contributed by atoms with E-state index < -0.39 is 0 Å². The molecule has 0 bridgehead atoms. The van der Waals surface area contributed by atoms with Gasteiger partial charge >= 0.3 is 5.97 Å². The number of rotatable bonds is 5. The van der Waals surface area contributed by atoms with Gasteiger partial charge in [-0.2, -0.15) is 0 Å². The van der Waals surface area contributed by atoms with Gasteiger partial charge in [-0.3, -0.25) is 4.79 Å². The summed E-state index contributed by atoms with van der Waals surface area (Å²) in [5.74, 6) is 0.567. The van der Waals surface area contributed by atoms with Crippen LogP contribution < -0.4 is 0 Å². The first-order chi connectivity index (χ1) is 6.29. The molecular weight excluding hydrogens is 164 g/mol. The maximum absolute atomic E-state index is 11.0. The van der Waals surface area contributed by atoms with E-state index in [2.05, 4.69) is 23.8 Å². The van der Waals surface area contributed by atoms with Crippen LogP contribution in [0, 0.1) is 11.8 Å². The summed E-state index contributed by atoms with van der Waals surface area (Å²) in [7, 11) is 1.46. The van der Waals surface area contributed by atoms with Crippen LogP contribution in [-0.4, -0.2) is 13.1 Å². The van der Waals surface area contributed by atoms with Gasteiger partial charge in [-0.25, -0.2) is 0 Å². The molecule has 0 aromatic heterocycles. The topological polar surface area (TPSA) is 26.3 Å². The molecule has 0 spiro atoms. The van der Waals surface area contributed by atoms with Crippen LogP contribution in [0.4, 0.5) is 0 Å². The van der Waals surface area contributed by atoms with Crippen molar-refractivity contribution in [2.75, 3.05) is 7.11 Å². The van der Waals surface area contributed by atoms with E-state index in [0.717, 1.165) is 12.8 Å². The Hall–Kier alpha value is -0.790. The van der Waals surface area contributed by atoms with Gasteiger partial charge in [0.1, 0.15) is 0 Å². The number of hydrogen-bond acceptors (Lipinski definition) is 2. The molecule has 1 rings (SSSR count). The minimum atomic E-state index is -0.0508. The zero-order valence-corrected chi connectivity index (χ0v) is 8.45. The molecule has 2 atom stereocenters. The lowest BCUT2D eigenvalue weighted by Gasteiger charge is -1.93. The molecule has 0 heterocycles. The van der Waals surface area contributed by atoms with Crippen LogP contribution in [0.15, 0.2) is 12.2 Å². The maximum atomic E-state index is 11.0. The minimum Gasteiger partial charge on any atom is -0.469 e. The molecule has 0 aliphatic heterocycles. The van der Waals surface area contributed by atoms with Gasteiger partial charge in [-0.15, -0.1) is 0 Å². The first-order valence-corrected chi connectivity index (χ1v) is 5.04. The molecule has 0 N–H and O–H groups in total. The highest BCUT2D eigenvalue weighted by Gasteiger charge is 2.41. The predicted octanol–water partition coefficient (Wildman–Crippen LogP) is 2.54. The second kappa shape index (κ2) is 5.05. The highest BCUT2D eigenvalue weighted by molar-refractivity contribution is 5.76. The number of allylic oxidation sites excluding steroid dienone is 2. The molecule has 13 heavy (non-hydrogen) atoms. The van der Waals surface area contributed by atoms with Crippen molar-refractivity contribution in [3.8, 4) is 0 Å². The third kappa shape index (κ3) is 3.21. The van der Waals surface area contributed by atoms with Crippen molar-refractivity contribution in [1.29, 1.82) is 0 Å². The Morgan fingerprint density at radius 1 is 1.62 bits per heavy atom. The van der Waals surface area contributed by atoms with Gasteiger partial charge in [0.05, 0.1) is 13.0 Å². The Kier molecular flexibility index (Phi) is 4.00. The zero-order valence-electron chi connectivity index (χ0n) is 8.45. The van der Waals surface area contributed by atoms with Gasteiger partial charge in [0.2, 0.25) is 0 Å². The Morgan fingerprint density at radius 2 is 2.38 bits per heavy atom. The van der Waals surface area contributed by atoms with E-state index in [1.54, 1.807) is 0 Å². The second-order valence-electron chi connectivity index (χ2n) is 3.60. The van der Waals surface area contributed by atoms with Crippen molar-refractivity contribution in [2.45, 2.75) is 32.6 Å². The first kappa shape index (κ1) is 10.3. The molecule has 1 aliphatic carbocycles. The molecule has 0 radical (unpaired) electrons. The van der Waals surface area contributed by atoms with E-state index in [1.165, 1.54) is 20.0 Å². The number of unbranched alkanes of at least 4 members (excludes halogenated alkanes) is 2. The summed E-state index contributed by atoms with van der Waals surface area (Å²) in [6.07, 6.45) is 8.95. The smallest absolute Gasteiger partial charge is 0.309 e. The summed E-state index contributed by atoms with van der Waals surface area (Å²) < 4.78 is 4.66. The van der Waals surface area contributed by atoms with Crippen LogP contribution in [0.5, 0.6) is 0 Å². The molecular formula is C11H18O2. The molecule has 0 aromatic rings. The van der Waals surface area contributed by atoms with Crippen LogP contribution in [0.25, 0.3) is 0 Å². The van der Waals surface area contributed by atoms with Gasteiger partial charge in [-0.05, 0) is 18.8 Å². The Balaban J connectivity index is 2.13. The molecule has 2 nitrogen and oxygen atoms in total. The van der Waals surface area contributed by atoms with Crippen LogP contribution in [0.3, 0.4) is 0 Å². The number of hydrogen-bond donors (Lipinski definition) is 0. The number of ether oxygens (including phenoxy) is 1. The van der Waals surface area contributed by atoms with E-state index >= 15 is 0 Å². The summed E-state index contributed by atoms with van der Waals surface area (Å²) in [6, 6.07) is 0. The maximum Gasteiger partial charge on any atom is 0.309 e. The summed E-state index contributed by atoms with van der Waals surface area (Å²) in [4.78, 5) is 11.0. The van der Waals surface area contributed by atoms with Crippen molar-refractivity contribution in [1.82, 2.24) is 0 Å². The summed E-state index contributed by atoms with van der Waals surface area (Å²) >= 11 is 0. The Bertz CT molecular complexity index is 196. The zero-order chi connectivity index (χ0) is 9.68. The number of carbonyl (C=O) groups excluding carboxylic acids is 1. The van der Waals surface area contributed by atoms with Gasteiger partial charge in [0.15, 0.2) is 0 Å². The lowest BCUT2D eigenvalue weighted by molar-refractivity contribution is -0.142. The van der Waals surface area contributed by atoms with Crippen molar-refractivity contribution >= 4 is 5.97 Å². The fourth-order valence-electron chi connectivity index (χ4n) is 1.44. The van der Waals surface area contributed by atoms with E-state index in [0.29, 0.717) is 5.92 Å². The number of esters is 1. The van der Waals surface area contributed by atoms with Crippen molar-refractivity contribution < 1.29 is 9.53 Å². The molecule has 0 aromatic carbocycles. The van der Waals surface area contributed by atoms with Gasteiger partial charge < -0.3 is 4.74 Å². The third-order valence-electron chi connectivity index (χ3n) is 2.45. The van der Waals surface area contributed by atoms with E-state index in [-0.39, 0.29) is 11.9 Å². The monoisotopic (exact) mass is 182 g/mol. The fraction of sp³-hybridized carbons (Fsp3) is 0.727. The normalized spacial score (nSPS) is 26.3. The average molecular weight is 182 g/mol. The van der Waals surface area contributed by atoms with E-state index in [4.69, 9.17) is 0 Å². The fourth-order valence-corrected chi connectivity index (χ4v) is 1.44. The molecule has 0 amide bonds. The Morgan fingerprint density at radius 3 is 3.00 bits per heavy atom. The highest BCUT2D eigenvalue weighted by Crippen LogP contribution is 2.40. The Labute approximate surface area is 80.0 Å². The molecule has 1 aliphatic rings. The van der Waals surface area contributed by atoms with Gasteiger partial charge in [-0.1, -0.05) is 31.9 Å². The second-order valence-corrected chi connectivity index (χ2v) is 3.60. The first-order valence-electron chi connectivity index (χ1n) is 5.04. The third-order valence-corrected chi connectivity index (χ3v) is 2.45. The largest absolute Gasteiger partial charge is 0.469 e. The SMILES string of the molecule is CCCC/C=C\[C@H]1C[C@H]1C(=O)OC. The van der Waals surface area contributed by atoms with Crippen LogP contribution >= 0.6 is 0 Å². The molecule has 1 saturated carbocycles. The lowest BCUT2D eigenvalue weighted by atomic mass is 10.2. The van der Waals surface area contributed by atoms with E-state index in [1.807, 2.05) is 0 Å². The molecule has 1 fully saturated rings. The summed E-state index contributed by atoms with van der Waals surface area (Å²) in [5.41, 5.74) is 0. The van der Waals surface area contributed by atoms with Crippen molar-refractivity contribution in [3.05, 3.63) is 12.2 Å². The van der Waals surface area contributed by atoms with Crippen LogP contribution in [0.2, 0.25) is 0 Å². The lowest BCUT2D eigenvalue weighted by Crippen LogP contribution is -2.03. The summed E-state index contributed by atoms with van der Waals surface area (Å²) in [5, 5.41) is 0. The van der Waals surface area contributed by atoms with Gasteiger partial charge in [0.25, 0.3) is 0 Å². The molecule has 2 heteroatoms. The summed E-state index contributed by atoms with van der Waals surface area (Å²) in [6.45, 7) is 2.18. The molecule has 0 saturated heterocycles. The van der Waals surface area contributed by atoms with Crippen molar-refractivity contribution in [3.63, 3.8) is 0 Å².